The fourth-order valence-electron chi connectivity index (χ4n) is 3.38. The van der Waals surface area contributed by atoms with Gasteiger partial charge in [-0.05, 0) is 43.3 Å². The number of fused-ring (bicyclic) bond motifs is 1. The molecule has 9 nitrogen and oxygen atoms in total. The number of sulfonamides is 1. The number of H-pyrrole nitrogens is 1. The molecule has 184 valence electrons. The van der Waals surface area contributed by atoms with Gasteiger partial charge in [0.2, 0.25) is 0 Å². The van der Waals surface area contributed by atoms with Crippen LogP contribution < -0.4 is 14.9 Å². The van der Waals surface area contributed by atoms with Gasteiger partial charge in [-0.25, -0.2) is 31.6 Å². The van der Waals surface area contributed by atoms with Crippen molar-refractivity contribution in [3.8, 4) is 11.4 Å². The Bertz CT molecular complexity index is 1510. The van der Waals surface area contributed by atoms with Gasteiger partial charge in [0.1, 0.15) is 28.2 Å². The molecule has 0 spiro atoms. The van der Waals surface area contributed by atoms with Crippen LogP contribution in [0.5, 0.6) is 0 Å². The lowest BCUT2D eigenvalue weighted by Gasteiger charge is -2.12. The van der Waals surface area contributed by atoms with Crippen molar-refractivity contribution in [2.75, 3.05) is 37.2 Å². The Hall–Kier alpha value is -3.71. The molecule has 0 bridgehead atoms. The van der Waals surface area contributed by atoms with Gasteiger partial charge in [-0.15, -0.1) is 0 Å². The lowest BCUT2D eigenvalue weighted by molar-refractivity contribution is -0.856. The van der Waals surface area contributed by atoms with Crippen LogP contribution in [0.4, 0.5) is 24.7 Å². The van der Waals surface area contributed by atoms with Crippen molar-refractivity contribution in [1.82, 2.24) is 20.2 Å². The van der Waals surface area contributed by atoms with E-state index in [1.165, 1.54) is 11.0 Å². The minimum Gasteiger partial charge on any atom is -0.364 e. The van der Waals surface area contributed by atoms with Gasteiger partial charge in [-0.1, -0.05) is 0 Å². The number of nitrogens with zero attached hydrogens (tertiary/aromatic N) is 3. The Morgan fingerprint density at radius 2 is 1.80 bits per heavy atom. The van der Waals surface area contributed by atoms with E-state index in [-0.39, 0.29) is 11.4 Å². The lowest BCUT2D eigenvalue weighted by Crippen LogP contribution is -3.06. The highest BCUT2D eigenvalue weighted by atomic mass is 32.2. The van der Waals surface area contributed by atoms with Gasteiger partial charge in [0.15, 0.2) is 11.5 Å². The molecule has 0 fully saturated rings. The first-order valence-corrected chi connectivity index (χ1v) is 12.1. The summed E-state index contributed by atoms with van der Waals surface area (Å²) >= 11 is 0. The Morgan fingerprint density at radius 3 is 2.51 bits per heavy atom. The molecule has 2 aromatic heterocycles. The average Bonchev–Trinajstić information content (AvgIpc) is 3.17. The number of nitrogens with one attached hydrogen (secondary N) is 4. The van der Waals surface area contributed by atoms with Crippen LogP contribution in [0.25, 0.3) is 22.4 Å². The normalized spacial score (nSPS) is 11.9. The number of hydrogen-bond donors (Lipinski definition) is 4. The summed E-state index contributed by atoms with van der Waals surface area (Å²) in [6, 6.07) is 5.60. The summed E-state index contributed by atoms with van der Waals surface area (Å²) in [7, 11) is -0.537. The van der Waals surface area contributed by atoms with Crippen molar-refractivity contribution in [1.29, 1.82) is 0 Å². The predicted octanol–water partition coefficient (Wildman–Crippen LogP) is 2.10. The third-order valence-corrected chi connectivity index (χ3v) is 6.55. The smallest absolute Gasteiger partial charge is 0.265 e. The highest BCUT2D eigenvalue weighted by Crippen LogP contribution is 2.29. The first-order chi connectivity index (χ1) is 16.5. The van der Waals surface area contributed by atoms with Gasteiger partial charge in [0.05, 0.1) is 38.3 Å². The molecular formula is C22H23F3N7O2S+. The van der Waals surface area contributed by atoms with Crippen molar-refractivity contribution in [3.63, 3.8) is 0 Å². The molecule has 4 rings (SSSR count). The number of anilines is 2. The minimum atomic E-state index is -4.58. The largest absolute Gasteiger partial charge is 0.364 e. The number of likely N-dealkylation sites (N-methyl/N-ethyl adjacent to an activating group) is 1. The summed E-state index contributed by atoms with van der Waals surface area (Å²) in [6.45, 7) is 3.29. The molecule has 35 heavy (non-hydrogen) atoms. The van der Waals surface area contributed by atoms with E-state index in [2.05, 4.69) is 25.5 Å². The van der Waals surface area contributed by atoms with Crippen LogP contribution in [-0.2, 0) is 10.0 Å². The molecule has 0 amide bonds. The number of aryl methyl sites for hydroxylation is 1. The van der Waals surface area contributed by atoms with E-state index < -0.39 is 38.1 Å². The minimum absolute atomic E-state index is 0.174. The van der Waals surface area contributed by atoms with E-state index in [1.807, 2.05) is 25.7 Å². The molecule has 0 radical (unpaired) electrons. The fourth-order valence-corrected chi connectivity index (χ4v) is 4.53. The van der Waals surface area contributed by atoms with Gasteiger partial charge in [-0.3, -0.25) is 9.82 Å². The zero-order valence-electron chi connectivity index (χ0n) is 19.1. The second kappa shape index (κ2) is 9.50. The molecule has 4 N–H and O–H groups in total. The van der Waals surface area contributed by atoms with E-state index >= 15 is 0 Å². The maximum Gasteiger partial charge on any atom is 0.265 e. The first kappa shape index (κ1) is 24.4. The third-order valence-electron chi connectivity index (χ3n) is 5.17. The van der Waals surface area contributed by atoms with E-state index in [4.69, 9.17) is 0 Å². The van der Waals surface area contributed by atoms with Crippen molar-refractivity contribution in [2.45, 2.75) is 11.8 Å². The number of aromatic amines is 1. The van der Waals surface area contributed by atoms with Gasteiger partial charge in [-0.2, -0.15) is 5.10 Å². The Morgan fingerprint density at radius 1 is 1.03 bits per heavy atom. The second-order valence-corrected chi connectivity index (χ2v) is 9.85. The molecule has 2 heterocycles. The van der Waals surface area contributed by atoms with Crippen LogP contribution in [0.1, 0.15) is 5.69 Å². The van der Waals surface area contributed by atoms with Crippen LogP contribution >= 0.6 is 0 Å². The molecule has 0 aliphatic heterocycles. The Labute approximate surface area is 199 Å². The molecule has 0 aliphatic rings. The summed E-state index contributed by atoms with van der Waals surface area (Å²) in [5.74, 6) is -2.35. The third kappa shape index (κ3) is 5.20. The first-order valence-electron chi connectivity index (χ1n) is 10.6. The molecule has 2 aromatic carbocycles. The van der Waals surface area contributed by atoms with E-state index in [0.29, 0.717) is 35.5 Å². The maximum atomic E-state index is 14.9. The number of halogens is 3. The molecule has 0 saturated heterocycles. The topological polar surface area (TPSA) is 117 Å². The number of benzene rings is 2. The highest BCUT2D eigenvalue weighted by Gasteiger charge is 2.22. The van der Waals surface area contributed by atoms with Crippen molar-refractivity contribution >= 4 is 32.6 Å². The standard InChI is InChI=1S/C22H22F3N7O2S/c1-12-19-21(26-8-9-32(2)3)27-20(28-22(19)30-29-12)13-4-7-17(16(25)10-13)31-35(33,34)18-11-14(23)5-6-15(18)24/h4-7,10-11,31H,8-9H2,1-3H3,(H2,26,27,28,29,30)/p+1. The summed E-state index contributed by atoms with van der Waals surface area (Å²) in [6.07, 6.45) is 0. The van der Waals surface area contributed by atoms with Gasteiger partial charge in [0, 0.05) is 11.3 Å². The number of hydrogen-bond acceptors (Lipinski definition) is 6. The quantitative estimate of drug-likeness (QED) is 0.291. The summed E-state index contributed by atoms with van der Waals surface area (Å²) in [5.41, 5.74) is 0.985. The molecule has 0 atom stereocenters. The van der Waals surface area contributed by atoms with Crippen LogP contribution in [0.3, 0.4) is 0 Å². The van der Waals surface area contributed by atoms with Crippen molar-refractivity contribution in [3.05, 3.63) is 59.5 Å². The molecule has 4 aromatic rings. The average molecular weight is 507 g/mol. The van der Waals surface area contributed by atoms with E-state index in [1.54, 1.807) is 0 Å². The van der Waals surface area contributed by atoms with Crippen molar-refractivity contribution in [2.24, 2.45) is 0 Å². The zero-order valence-corrected chi connectivity index (χ0v) is 19.9. The van der Waals surface area contributed by atoms with E-state index in [9.17, 15) is 21.6 Å². The van der Waals surface area contributed by atoms with Crippen LogP contribution in [0, 0.1) is 24.4 Å². The molecule has 13 heteroatoms. The lowest BCUT2D eigenvalue weighted by atomic mass is 10.2. The Balaban J connectivity index is 1.66. The second-order valence-electron chi connectivity index (χ2n) is 8.20. The van der Waals surface area contributed by atoms with Gasteiger partial charge < -0.3 is 10.2 Å². The fraction of sp³-hybridized carbons (Fsp3) is 0.227. The SMILES string of the molecule is Cc1[nH]nc2nc(-c3ccc(NS(=O)(=O)c4cc(F)ccc4F)c(F)c3)nc(NCC[NH+](C)C)c12. The Kier molecular flexibility index (Phi) is 6.63. The van der Waals surface area contributed by atoms with E-state index in [0.717, 1.165) is 30.4 Å². The molecule has 0 unspecified atom stereocenters. The van der Waals surface area contributed by atoms with Crippen molar-refractivity contribution < 1.29 is 26.5 Å². The summed E-state index contributed by atoms with van der Waals surface area (Å²) < 4.78 is 69.2. The monoisotopic (exact) mass is 506 g/mol. The summed E-state index contributed by atoms with van der Waals surface area (Å²) in [5, 5.41) is 11.0. The highest BCUT2D eigenvalue weighted by molar-refractivity contribution is 7.92. The number of quaternary nitrogens is 1. The van der Waals surface area contributed by atoms with Crippen LogP contribution in [0.2, 0.25) is 0 Å². The molecule has 0 aliphatic carbocycles. The van der Waals surface area contributed by atoms with Gasteiger partial charge in [0.25, 0.3) is 10.0 Å². The summed E-state index contributed by atoms with van der Waals surface area (Å²) in [4.78, 5) is 9.23. The number of aromatic nitrogens is 4. The van der Waals surface area contributed by atoms with Crippen LogP contribution in [-0.4, -0.2) is 55.8 Å². The predicted molar refractivity (Wildman–Crippen MR) is 125 cm³/mol. The number of rotatable bonds is 8. The van der Waals surface area contributed by atoms with Gasteiger partial charge >= 0.3 is 0 Å². The van der Waals surface area contributed by atoms with Crippen LogP contribution in [0.15, 0.2) is 41.3 Å². The zero-order chi connectivity index (χ0) is 25.3. The maximum absolute atomic E-state index is 14.9. The molecular weight excluding hydrogens is 483 g/mol. The molecule has 0 saturated carbocycles.